The van der Waals surface area contributed by atoms with E-state index in [1.165, 1.54) is 22.5 Å². The Morgan fingerprint density at radius 3 is 2.38 bits per heavy atom. The maximum absolute atomic E-state index is 12.4. The summed E-state index contributed by atoms with van der Waals surface area (Å²) in [5.74, 6) is 0.552. The standard InChI is InChI=1S/C26H18N4OS/c31-22(27-19-12-11-16-5-1-2-6-18(16)15-19)13-14-32-26-28-24-20-9-3-7-17-8-4-10-21(23(17)20)25(24)29-30-26/h1-12,15H,13-14H2,(H,27,31). The summed E-state index contributed by atoms with van der Waals surface area (Å²) in [4.78, 5) is 17.2. The quantitative estimate of drug-likeness (QED) is 0.340. The van der Waals surface area contributed by atoms with Crippen molar-refractivity contribution in [1.29, 1.82) is 0 Å². The number of fused-ring (bicyclic) bond motifs is 4. The van der Waals surface area contributed by atoms with E-state index in [4.69, 9.17) is 4.98 Å². The molecule has 0 aliphatic heterocycles. The molecule has 1 amide bonds. The summed E-state index contributed by atoms with van der Waals surface area (Å²) >= 11 is 1.45. The topological polar surface area (TPSA) is 67.8 Å². The first-order valence-corrected chi connectivity index (χ1v) is 11.4. The van der Waals surface area contributed by atoms with Crippen molar-refractivity contribution in [3.63, 3.8) is 0 Å². The third-order valence-corrected chi connectivity index (χ3v) is 6.52. The predicted octanol–water partition coefficient (Wildman–Crippen LogP) is 5.95. The van der Waals surface area contributed by atoms with Gasteiger partial charge in [0.1, 0.15) is 11.4 Å². The smallest absolute Gasteiger partial charge is 0.225 e. The van der Waals surface area contributed by atoms with Crippen LogP contribution in [0.1, 0.15) is 6.42 Å². The molecule has 6 heteroatoms. The molecule has 154 valence electrons. The molecule has 0 fully saturated rings. The fourth-order valence-electron chi connectivity index (χ4n) is 4.20. The molecule has 0 saturated carbocycles. The van der Waals surface area contributed by atoms with Gasteiger partial charge in [-0.05, 0) is 28.3 Å². The van der Waals surface area contributed by atoms with Gasteiger partial charge >= 0.3 is 0 Å². The molecular weight excluding hydrogens is 416 g/mol. The summed E-state index contributed by atoms with van der Waals surface area (Å²) in [6.07, 6.45) is 0.369. The molecule has 32 heavy (non-hydrogen) atoms. The largest absolute Gasteiger partial charge is 0.326 e. The molecule has 5 nitrogen and oxygen atoms in total. The first-order chi connectivity index (χ1) is 15.8. The molecule has 4 aromatic carbocycles. The highest BCUT2D eigenvalue weighted by Crippen LogP contribution is 2.44. The van der Waals surface area contributed by atoms with Crippen LogP contribution in [0.5, 0.6) is 0 Å². The average Bonchev–Trinajstić information content (AvgIpc) is 3.14. The van der Waals surface area contributed by atoms with Crippen molar-refractivity contribution in [2.75, 3.05) is 11.1 Å². The van der Waals surface area contributed by atoms with Gasteiger partial charge in [0, 0.05) is 34.4 Å². The molecule has 0 radical (unpaired) electrons. The van der Waals surface area contributed by atoms with Gasteiger partial charge in [0.15, 0.2) is 0 Å². The van der Waals surface area contributed by atoms with Gasteiger partial charge in [-0.15, -0.1) is 10.2 Å². The molecule has 1 aliphatic carbocycles. The minimum atomic E-state index is -0.0286. The summed E-state index contributed by atoms with van der Waals surface area (Å²) < 4.78 is 0. The van der Waals surface area contributed by atoms with Crippen molar-refractivity contribution in [2.45, 2.75) is 11.6 Å². The molecule has 0 unspecified atom stereocenters. The fourth-order valence-corrected chi connectivity index (χ4v) is 4.93. The molecule has 1 N–H and O–H groups in total. The van der Waals surface area contributed by atoms with Crippen molar-refractivity contribution in [3.05, 3.63) is 78.9 Å². The number of carbonyl (C=O) groups is 1. The first kappa shape index (κ1) is 19.0. The van der Waals surface area contributed by atoms with Crippen molar-refractivity contribution in [1.82, 2.24) is 15.2 Å². The molecule has 6 rings (SSSR count). The van der Waals surface area contributed by atoms with E-state index in [-0.39, 0.29) is 5.91 Å². The SMILES string of the molecule is O=C(CCSc1nnc2c(n1)-c1cccc3cccc-2c13)Nc1ccc2ccccc2c1. The minimum Gasteiger partial charge on any atom is -0.326 e. The van der Waals surface area contributed by atoms with Gasteiger partial charge in [-0.25, -0.2) is 4.98 Å². The molecule has 1 aliphatic rings. The van der Waals surface area contributed by atoms with Crippen LogP contribution < -0.4 is 5.32 Å². The van der Waals surface area contributed by atoms with E-state index in [1.807, 2.05) is 48.5 Å². The second-order valence-electron chi connectivity index (χ2n) is 7.71. The lowest BCUT2D eigenvalue weighted by atomic mass is 10.0. The number of aromatic nitrogens is 3. The number of amides is 1. The highest BCUT2D eigenvalue weighted by Gasteiger charge is 2.24. The Hall–Kier alpha value is -3.77. The predicted molar refractivity (Wildman–Crippen MR) is 130 cm³/mol. The van der Waals surface area contributed by atoms with Gasteiger partial charge in [-0.2, -0.15) is 0 Å². The van der Waals surface area contributed by atoms with E-state index in [0.717, 1.165) is 39.0 Å². The van der Waals surface area contributed by atoms with Gasteiger partial charge in [0.05, 0.1) is 0 Å². The van der Waals surface area contributed by atoms with Crippen molar-refractivity contribution < 1.29 is 4.79 Å². The van der Waals surface area contributed by atoms with Crippen molar-refractivity contribution in [3.8, 4) is 22.5 Å². The van der Waals surface area contributed by atoms with Crippen LogP contribution in [0.4, 0.5) is 5.69 Å². The summed E-state index contributed by atoms with van der Waals surface area (Å²) in [7, 11) is 0. The van der Waals surface area contributed by atoms with Gasteiger partial charge in [0.2, 0.25) is 11.1 Å². The van der Waals surface area contributed by atoms with E-state index < -0.39 is 0 Å². The van der Waals surface area contributed by atoms with Crippen LogP contribution in [0.15, 0.2) is 84.0 Å². The normalized spacial score (nSPS) is 11.6. The van der Waals surface area contributed by atoms with E-state index in [1.54, 1.807) is 0 Å². The third kappa shape index (κ3) is 3.29. The molecule has 0 saturated heterocycles. The van der Waals surface area contributed by atoms with Gasteiger partial charge in [0.25, 0.3) is 0 Å². The van der Waals surface area contributed by atoms with Gasteiger partial charge in [-0.1, -0.05) is 78.5 Å². The zero-order chi connectivity index (χ0) is 21.5. The molecular formula is C26H18N4OS. The Labute approximate surface area is 188 Å². The Morgan fingerprint density at radius 1 is 0.781 bits per heavy atom. The van der Waals surface area contributed by atoms with Crippen LogP contribution in [0.2, 0.25) is 0 Å². The summed E-state index contributed by atoms with van der Waals surface area (Å²) in [5.41, 5.74) is 4.68. The lowest BCUT2D eigenvalue weighted by Gasteiger charge is -2.07. The van der Waals surface area contributed by atoms with Crippen LogP contribution in [-0.2, 0) is 4.79 Å². The van der Waals surface area contributed by atoms with E-state index in [0.29, 0.717) is 17.3 Å². The Balaban J connectivity index is 1.14. The number of hydrogen-bond donors (Lipinski definition) is 1. The third-order valence-electron chi connectivity index (χ3n) is 5.68. The Bertz CT molecular complexity index is 1510. The number of carbonyl (C=O) groups excluding carboxylic acids is 1. The number of nitrogens with zero attached hydrogens (tertiary/aromatic N) is 3. The summed E-state index contributed by atoms with van der Waals surface area (Å²) in [6.45, 7) is 0. The fraction of sp³-hybridized carbons (Fsp3) is 0.0769. The zero-order valence-corrected chi connectivity index (χ0v) is 17.9. The van der Waals surface area contributed by atoms with Gasteiger partial charge in [-0.3, -0.25) is 4.79 Å². The molecule has 0 bridgehead atoms. The number of hydrogen-bond acceptors (Lipinski definition) is 5. The van der Waals surface area contributed by atoms with E-state index in [2.05, 4.69) is 45.8 Å². The molecule has 1 aromatic heterocycles. The lowest BCUT2D eigenvalue weighted by Crippen LogP contribution is -2.12. The maximum atomic E-state index is 12.4. The molecule has 1 heterocycles. The number of nitrogens with one attached hydrogen (secondary N) is 1. The summed E-state index contributed by atoms with van der Waals surface area (Å²) in [6, 6.07) is 26.5. The maximum Gasteiger partial charge on any atom is 0.225 e. The van der Waals surface area contributed by atoms with E-state index in [9.17, 15) is 4.79 Å². The monoisotopic (exact) mass is 434 g/mol. The zero-order valence-electron chi connectivity index (χ0n) is 17.1. The van der Waals surface area contributed by atoms with Crippen LogP contribution in [-0.4, -0.2) is 26.8 Å². The van der Waals surface area contributed by atoms with E-state index >= 15 is 0 Å². The lowest BCUT2D eigenvalue weighted by molar-refractivity contribution is -0.115. The average molecular weight is 435 g/mol. The van der Waals surface area contributed by atoms with Crippen LogP contribution in [0.3, 0.4) is 0 Å². The molecule has 5 aromatic rings. The Morgan fingerprint density at radius 2 is 1.53 bits per heavy atom. The number of rotatable bonds is 5. The Kier molecular flexibility index (Phi) is 4.58. The van der Waals surface area contributed by atoms with Crippen molar-refractivity contribution >= 4 is 44.9 Å². The summed E-state index contributed by atoms with van der Waals surface area (Å²) in [5, 5.41) is 17.0. The number of thioether (sulfide) groups is 1. The van der Waals surface area contributed by atoms with Gasteiger partial charge < -0.3 is 5.32 Å². The van der Waals surface area contributed by atoms with Crippen molar-refractivity contribution in [2.24, 2.45) is 0 Å². The second-order valence-corrected chi connectivity index (χ2v) is 8.77. The second kappa shape index (κ2) is 7.73. The molecule has 0 spiro atoms. The highest BCUT2D eigenvalue weighted by molar-refractivity contribution is 7.99. The van der Waals surface area contributed by atoms with Crippen LogP contribution in [0.25, 0.3) is 44.1 Å². The minimum absolute atomic E-state index is 0.0286. The number of anilines is 1. The van der Waals surface area contributed by atoms with Crippen LogP contribution in [0, 0.1) is 0 Å². The van der Waals surface area contributed by atoms with Crippen LogP contribution >= 0.6 is 11.8 Å². The first-order valence-electron chi connectivity index (χ1n) is 10.4. The highest BCUT2D eigenvalue weighted by atomic mass is 32.2. The molecule has 0 atom stereocenters. The number of benzene rings is 4.